The van der Waals surface area contributed by atoms with Crippen LogP contribution in [0.5, 0.6) is 5.75 Å². The summed E-state index contributed by atoms with van der Waals surface area (Å²) in [6.07, 6.45) is 2.21. The van der Waals surface area contributed by atoms with Crippen molar-refractivity contribution in [2.24, 2.45) is 0 Å². The maximum atomic E-state index is 12.4. The lowest BCUT2D eigenvalue weighted by Crippen LogP contribution is -2.33. The van der Waals surface area contributed by atoms with Crippen LogP contribution in [0.15, 0.2) is 28.6 Å². The molecule has 1 aromatic carbocycles. The highest BCUT2D eigenvalue weighted by molar-refractivity contribution is 8.02. The monoisotopic (exact) mass is 364 g/mol. The molecule has 2 aromatic rings. The molecule has 0 spiro atoms. The molecule has 1 aliphatic heterocycles. The van der Waals surface area contributed by atoms with E-state index in [4.69, 9.17) is 4.74 Å². The molecule has 3 rings (SSSR count). The van der Waals surface area contributed by atoms with E-state index < -0.39 is 0 Å². The first-order valence-electron chi connectivity index (χ1n) is 7.86. The van der Waals surface area contributed by atoms with Gasteiger partial charge in [-0.1, -0.05) is 35.2 Å². The van der Waals surface area contributed by atoms with Crippen LogP contribution >= 0.6 is 23.1 Å². The zero-order valence-corrected chi connectivity index (χ0v) is 15.3. The Kier molecular flexibility index (Phi) is 5.57. The molecule has 0 saturated carbocycles. The van der Waals surface area contributed by atoms with E-state index in [1.54, 1.807) is 7.11 Å². The fourth-order valence-corrected chi connectivity index (χ4v) is 4.56. The largest absolute Gasteiger partial charge is 0.495 e. The number of carbonyl (C=O) groups excluding carboxylic acids is 1. The number of carbonyl (C=O) groups is 1. The predicted octanol–water partition coefficient (Wildman–Crippen LogP) is 3.39. The number of likely N-dealkylation sites (tertiary alicyclic amines) is 1. The van der Waals surface area contributed by atoms with Crippen molar-refractivity contribution in [1.29, 1.82) is 0 Å². The Hall–Kier alpha value is -1.80. The Labute approximate surface area is 149 Å². The molecular weight excluding hydrogens is 344 g/mol. The van der Waals surface area contributed by atoms with E-state index in [1.165, 1.54) is 23.1 Å². The van der Waals surface area contributed by atoms with Gasteiger partial charge in [0.1, 0.15) is 5.75 Å². The van der Waals surface area contributed by atoms with Crippen LogP contribution < -0.4 is 10.1 Å². The molecule has 128 valence electrons. The molecule has 2 heterocycles. The molecular formula is C16H20N4O2S2. The molecule has 8 heteroatoms. The summed E-state index contributed by atoms with van der Waals surface area (Å²) < 4.78 is 6.10. The molecule has 0 bridgehead atoms. The van der Waals surface area contributed by atoms with Crippen molar-refractivity contribution in [1.82, 2.24) is 15.1 Å². The number of hydrogen-bond donors (Lipinski definition) is 1. The number of aromatic nitrogens is 2. The first kappa shape index (κ1) is 17.0. The van der Waals surface area contributed by atoms with E-state index in [9.17, 15) is 4.79 Å². The van der Waals surface area contributed by atoms with Crippen LogP contribution in [0.25, 0.3) is 0 Å². The van der Waals surface area contributed by atoms with Gasteiger partial charge in [0.25, 0.3) is 0 Å². The van der Waals surface area contributed by atoms with E-state index >= 15 is 0 Å². The Morgan fingerprint density at radius 1 is 1.33 bits per heavy atom. The second-order valence-corrected chi connectivity index (χ2v) is 8.06. The number of nitrogens with zero attached hydrogens (tertiary/aromatic N) is 3. The van der Waals surface area contributed by atoms with E-state index in [-0.39, 0.29) is 11.2 Å². The molecule has 1 saturated heterocycles. The van der Waals surface area contributed by atoms with Gasteiger partial charge in [0, 0.05) is 13.1 Å². The molecule has 1 aromatic heterocycles. The second kappa shape index (κ2) is 7.85. The van der Waals surface area contributed by atoms with E-state index in [0.29, 0.717) is 5.13 Å². The normalized spacial score (nSPS) is 15.3. The number of anilines is 2. The van der Waals surface area contributed by atoms with Crippen molar-refractivity contribution in [3.05, 3.63) is 24.3 Å². The molecule has 1 atom stereocenters. The van der Waals surface area contributed by atoms with Crippen LogP contribution in [-0.4, -0.2) is 46.5 Å². The molecule has 1 fully saturated rings. The van der Waals surface area contributed by atoms with Gasteiger partial charge in [0.05, 0.1) is 18.0 Å². The zero-order chi connectivity index (χ0) is 16.9. The number of hydrogen-bond acceptors (Lipinski definition) is 7. The Morgan fingerprint density at radius 2 is 2.08 bits per heavy atom. The average molecular weight is 364 g/mol. The van der Waals surface area contributed by atoms with Crippen molar-refractivity contribution in [2.45, 2.75) is 29.4 Å². The molecule has 0 radical (unpaired) electrons. The maximum Gasteiger partial charge on any atom is 0.235 e. The van der Waals surface area contributed by atoms with Crippen molar-refractivity contribution in [3.63, 3.8) is 0 Å². The lowest BCUT2D eigenvalue weighted by Gasteiger charge is -2.18. The van der Waals surface area contributed by atoms with Gasteiger partial charge in [-0.05, 0) is 31.9 Å². The fraction of sp³-hybridized carbons (Fsp3) is 0.438. The zero-order valence-electron chi connectivity index (χ0n) is 13.7. The minimum absolute atomic E-state index is 0.143. The Morgan fingerprint density at radius 3 is 2.83 bits per heavy atom. The number of amides is 1. The van der Waals surface area contributed by atoms with Crippen LogP contribution in [0, 0.1) is 0 Å². The van der Waals surface area contributed by atoms with Crippen molar-refractivity contribution in [3.8, 4) is 5.75 Å². The van der Waals surface area contributed by atoms with Gasteiger partial charge in [0.15, 0.2) is 4.34 Å². The molecule has 0 unspecified atom stereocenters. The smallest absolute Gasteiger partial charge is 0.235 e. The van der Waals surface area contributed by atoms with Gasteiger partial charge < -0.3 is 15.0 Å². The molecule has 1 amide bonds. The van der Waals surface area contributed by atoms with Crippen molar-refractivity contribution < 1.29 is 9.53 Å². The Balaban J connectivity index is 1.62. The minimum atomic E-state index is -0.143. The average Bonchev–Trinajstić information content (AvgIpc) is 3.27. The molecule has 6 nitrogen and oxygen atoms in total. The summed E-state index contributed by atoms with van der Waals surface area (Å²) in [6, 6.07) is 7.65. The van der Waals surface area contributed by atoms with Gasteiger partial charge in [0.2, 0.25) is 11.0 Å². The lowest BCUT2D eigenvalue weighted by atomic mass is 10.3. The van der Waals surface area contributed by atoms with Crippen LogP contribution in [0.1, 0.15) is 19.8 Å². The summed E-state index contributed by atoms with van der Waals surface area (Å²) in [4.78, 5) is 14.3. The predicted molar refractivity (Wildman–Crippen MR) is 97.3 cm³/mol. The first-order chi connectivity index (χ1) is 11.7. The van der Waals surface area contributed by atoms with Gasteiger partial charge in [-0.3, -0.25) is 4.79 Å². The minimum Gasteiger partial charge on any atom is -0.495 e. The fourth-order valence-electron chi connectivity index (χ4n) is 2.57. The summed E-state index contributed by atoms with van der Waals surface area (Å²) in [5.74, 6) is 0.937. The van der Waals surface area contributed by atoms with Crippen molar-refractivity contribution >= 4 is 39.8 Å². The van der Waals surface area contributed by atoms with E-state index in [1.807, 2.05) is 36.1 Å². The lowest BCUT2D eigenvalue weighted by molar-refractivity contribution is -0.129. The number of benzene rings is 1. The number of methoxy groups -OCH3 is 1. The third-order valence-electron chi connectivity index (χ3n) is 3.80. The summed E-state index contributed by atoms with van der Waals surface area (Å²) in [7, 11) is 1.63. The summed E-state index contributed by atoms with van der Waals surface area (Å²) >= 11 is 2.90. The quantitative estimate of drug-likeness (QED) is 0.793. The third-order valence-corrected chi connectivity index (χ3v) is 5.81. The summed E-state index contributed by atoms with van der Waals surface area (Å²) in [5.41, 5.74) is 0.842. The third kappa shape index (κ3) is 3.99. The van der Waals surface area contributed by atoms with Gasteiger partial charge in [-0.25, -0.2) is 0 Å². The van der Waals surface area contributed by atoms with Crippen LogP contribution in [0.4, 0.5) is 10.8 Å². The van der Waals surface area contributed by atoms with Gasteiger partial charge in [-0.2, -0.15) is 0 Å². The summed E-state index contributed by atoms with van der Waals surface area (Å²) in [6.45, 7) is 3.68. The van der Waals surface area contributed by atoms with Gasteiger partial charge >= 0.3 is 0 Å². The topological polar surface area (TPSA) is 67.3 Å². The molecule has 1 N–H and O–H groups in total. The number of ether oxygens (including phenoxy) is 1. The molecule has 0 aliphatic carbocycles. The highest BCUT2D eigenvalue weighted by atomic mass is 32.2. The highest BCUT2D eigenvalue weighted by Crippen LogP contribution is 2.33. The number of nitrogens with one attached hydrogen (secondary N) is 1. The van der Waals surface area contributed by atoms with E-state index in [2.05, 4.69) is 15.5 Å². The van der Waals surface area contributed by atoms with Crippen LogP contribution in [-0.2, 0) is 4.79 Å². The SMILES string of the molecule is COc1ccccc1Nc1nnc(S[C@H](C)C(=O)N2CCCC2)s1. The number of thioether (sulfide) groups is 1. The van der Waals surface area contributed by atoms with E-state index in [0.717, 1.165) is 41.7 Å². The van der Waals surface area contributed by atoms with Gasteiger partial charge in [-0.15, -0.1) is 10.2 Å². The summed E-state index contributed by atoms with van der Waals surface area (Å²) in [5, 5.41) is 12.1. The molecule has 1 aliphatic rings. The first-order valence-corrected chi connectivity index (χ1v) is 9.56. The maximum absolute atomic E-state index is 12.4. The van der Waals surface area contributed by atoms with Crippen LogP contribution in [0.2, 0.25) is 0 Å². The second-order valence-electron chi connectivity index (χ2n) is 5.49. The molecule has 24 heavy (non-hydrogen) atoms. The number of rotatable bonds is 6. The standard InChI is InChI=1S/C16H20N4O2S2/c1-11(14(21)20-9-5-6-10-20)23-16-19-18-15(24-16)17-12-7-3-4-8-13(12)22-2/h3-4,7-8,11H,5-6,9-10H2,1-2H3,(H,17,18)/t11-/m1/s1. The number of para-hydroxylation sites is 2. The highest BCUT2D eigenvalue weighted by Gasteiger charge is 2.25. The van der Waals surface area contributed by atoms with Crippen molar-refractivity contribution in [2.75, 3.05) is 25.5 Å². The van der Waals surface area contributed by atoms with Crippen LogP contribution in [0.3, 0.4) is 0 Å². The Bertz CT molecular complexity index is 701.